The lowest BCUT2D eigenvalue weighted by Crippen LogP contribution is -2.30. The molecule has 0 saturated carbocycles. The Balaban J connectivity index is 2.01. The van der Waals surface area contributed by atoms with Crippen LogP contribution in [0.5, 0.6) is 5.75 Å². The van der Waals surface area contributed by atoms with E-state index in [0.29, 0.717) is 11.7 Å². The maximum atomic E-state index is 12.2. The van der Waals surface area contributed by atoms with Crippen molar-refractivity contribution in [2.45, 2.75) is 39.7 Å². The molecule has 22 heavy (non-hydrogen) atoms. The summed E-state index contributed by atoms with van der Waals surface area (Å²) in [6, 6.07) is 15.6. The maximum Gasteiger partial charge on any atom is 0.265 e. The largest absolute Gasteiger partial charge is 0.481 e. The highest BCUT2D eigenvalue weighted by atomic mass is 16.5. The van der Waals surface area contributed by atoms with Gasteiger partial charge in [-0.25, -0.2) is 0 Å². The number of benzene rings is 2. The minimum Gasteiger partial charge on any atom is -0.481 e. The van der Waals surface area contributed by atoms with E-state index in [9.17, 15) is 4.79 Å². The second kappa shape index (κ2) is 7.12. The number of hydrogen-bond donors (Lipinski definition) is 1. The molecule has 1 N–H and O–H groups in total. The Morgan fingerprint density at radius 3 is 2.45 bits per heavy atom. The van der Waals surface area contributed by atoms with Crippen molar-refractivity contribution in [2.75, 3.05) is 5.32 Å². The zero-order chi connectivity index (χ0) is 16.1. The van der Waals surface area contributed by atoms with E-state index in [0.717, 1.165) is 11.3 Å². The molecule has 0 bridgehead atoms. The number of carbonyl (C=O) groups is 1. The third-order valence-corrected chi connectivity index (χ3v) is 3.49. The normalized spacial score (nSPS) is 12.0. The predicted octanol–water partition coefficient (Wildman–Crippen LogP) is 4.52. The van der Waals surface area contributed by atoms with Crippen LogP contribution in [-0.2, 0) is 4.79 Å². The van der Waals surface area contributed by atoms with Crippen LogP contribution in [0.2, 0.25) is 0 Å². The molecule has 0 spiro atoms. The van der Waals surface area contributed by atoms with E-state index in [4.69, 9.17) is 4.74 Å². The molecule has 2 rings (SSSR count). The average Bonchev–Trinajstić information content (AvgIpc) is 2.47. The molecule has 2 aromatic rings. The van der Waals surface area contributed by atoms with Gasteiger partial charge < -0.3 is 10.1 Å². The number of anilines is 1. The van der Waals surface area contributed by atoms with E-state index in [1.807, 2.05) is 49.4 Å². The van der Waals surface area contributed by atoms with E-state index < -0.39 is 6.10 Å². The van der Waals surface area contributed by atoms with Crippen molar-refractivity contribution in [3.63, 3.8) is 0 Å². The molecule has 0 aromatic heterocycles. The van der Waals surface area contributed by atoms with E-state index in [1.54, 1.807) is 6.92 Å². The summed E-state index contributed by atoms with van der Waals surface area (Å²) in [7, 11) is 0. The second-order valence-electron chi connectivity index (χ2n) is 5.85. The molecule has 0 aliphatic rings. The first-order valence-electron chi connectivity index (χ1n) is 7.60. The molecule has 1 atom stereocenters. The van der Waals surface area contributed by atoms with Gasteiger partial charge in [-0.2, -0.15) is 0 Å². The van der Waals surface area contributed by atoms with Gasteiger partial charge in [0.05, 0.1) is 0 Å². The minimum atomic E-state index is -0.551. The summed E-state index contributed by atoms with van der Waals surface area (Å²) in [6.07, 6.45) is -0.551. The van der Waals surface area contributed by atoms with Crippen molar-refractivity contribution in [1.82, 2.24) is 0 Å². The van der Waals surface area contributed by atoms with Crippen molar-refractivity contribution in [2.24, 2.45) is 0 Å². The van der Waals surface area contributed by atoms with Gasteiger partial charge in [0.1, 0.15) is 5.75 Å². The molecule has 3 heteroatoms. The standard InChI is InChI=1S/C19H23NO2/c1-13(2)16-8-6-9-17(12-16)20-19(21)15(4)22-18-10-5-7-14(3)11-18/h5-13,15H,1-4H3,(H,20,21). The van der Waals surface area contributed by atoms with Gasteiger partial charge in [-0.3, -0.25) is 4.79 Å². The average molecular weight is 297 g/mol. The van der Waals surface area contributed by atoms with Gasteiger partial charge in [-0.15, -0.1) is 0 Å². The summed E-state index contributed by atoms with van der Waals surface area (Å²) in [5.74, 6) is 0.985. The summed E-state index contributed by atoms with van der Waals surface area (Å²) in [5.41, 5.74) is 3.11. The third kappa shape index (κ3) is 4.35. The van der Waals surface area contributed by atoms with E-state index in [1.165, 1.54) is 5.56 Å². The number of hydrogen-bond acceptors (Lipinski definition) is 2. The van der Waals surface area contributed by atoms with Crippen LogP contribution in [0.3, 0.4) is 0 Å². The molecular formula is C19H23NO2. The molecule has 1 amide bonds. The number of rotatable bonds is 5. The van der Waals surface area contributed by atoms with Crippen molar-refractivity contribution in [3.8, 4) is 5.75 Å². The van der Waals surface area contributed by atoms with Gasteiger partial charge in [0.2, 0.25) is 0 Å². The lowest BCUT2D eigenvalue weighted by Gasteiger charge is -2.16. The molecule has 0 heterocycles. The Kier molecular flexibility index (Phi) is 5.21. The maximum absolute atomic E-state index is 12.2. The molecule has 0 fully saturated rings. The predicted molar refractivity (Wildman–Crippen MR) is 90.4 cm³/mol. The molecule has 3 nitrogen and oxygen atoms in total. The Bertz CT molecular complexity index is 649. The molecule has 0 radical (unpaired) electrons. The molecule has 2 aromatic carbocycles. The van der Waals surface area contributed by atoms with Crippen LogP contribution in [-0.4, -0.2) is 12.0 Å². The summed E-state index contributed by atoms with van der Waals surface area (Å²) < 4.78 is 5.69. The Morgan fingerprint density at radius 1 is 1.05 bits per heavy atom. The third-order valence-electron chi connectivity index (χ3n) is 3.49. The number of carbonyl (C=O) groups excluding carboxylic acids is 1. The summed E-state index contributed by atoms with van der Waals surface area (Å²) in [5, 5.41) is 2.91. The highest BCUT2D eigenvalue weighted by Gasteiger charge is 2.15. The topological polar surface area (TPSA) is 38.3 Å². The van der Waals surface area contributed by atoms with E-state index in [2.05, 4.69) is 25.2 Å². The zero-order valence-electron chi connectivity index (χ0n) is 13.6. The number of ether oxygens (including phenoxy) is 1. The Hall–Kier alpha value is -2.29. The first kappa shape index (κ1) is 16.1. The van der Waals surface area contributed by atoms with Crippen molar-refractivity contribution in [1.29, 1.82) is 0 Å². The second-order valence-corrected chi connectivity index (χ2v) is 5.85. The van der Waals surface area contributed by atoms with Crippen molar-refractivity contribution in [3.05, 3.63) is 59.7 Å². The van der Waals surface area contributed by atoms with Gasteiger partial charge in [0.25, 0.3) is 5.91 Å². The number of amides is 1. The fraction of sp³-hybridized carbons (Fsp3) is 0.316. The molecule has 116 valence electrons. The van der Waals surface area contributed by atoms with Gasteiger partial charge in [-0.1, -0.05) is 38.1 Å². The smallest absolute Gasteiger partial charge is 0.265 e. The quantitative estimate of drug-likeness (QED) is 0.881. The zero-order valence-corrected chi connectivity index (χ0v) is 13.6. The van der Waals surface area contributed by atoms with Crippen LogP contribution < -0.4 is 10.1 Å². The van der Waals surface area contributed by atoms with Crippen LogP contribution in [0, 0.1) is 6.92 Å². The summed E-state index contributed by atoms with van der Waals surface area (Å²) in [6.45, 7) is 8.01. The Morgan fingerprint density at radius 2 is 1.77 bits per heavy atom. The van der Waals surface area contributed by atoms with Gasteiger partial charge in [0.15, 0.2) is 6.10 Å². The molecule has 0 aliphatic carbocycles. The fourth-order valence-corrected chi connectivity index (χ4v) is 2.17. The summed E-state index contributed by atoms with van der Waals surface area (Å²) in [4.78, 5) is 12.2. The highest BCUT2D eigenvalue weighted by molar-refractivity contribution is 5.94. The van der Waals surface area contributed by atoms with Crippen LogP contribution >= 0.6 is 0 Å². The lowest BCUT2D eigenvalue weighted by atomic mass is 10.0. The number of nitrogens with one attached hydrogen (secondary N) is 1. The summed E-state index contributed by atoms with van der Waals surface area (Å²) >= 11 is 0. The molecular weight excluding hydrogens is 274 g/mol. The van der Waals surface area contributed by atoms with Crippen LogP contribution in [0.25, 0.3) is 0 Å². The van der Waals surface area contributed by atoms with Gasteiger partial charge in [0, 0.05) is 5.69 Å². The van der Waals surface area contributed by atoms with Crippen molar-refractivity contribution >= 4 is 11.6 Å². The first-order chi connectivity index (χ1) is 10.5. The monoisotopic (exact) mass is 297 g/mol. The fourth-order valence-electron chi connectivity index (χ4n) is 2.17. The van der Waals surface area contributed by atoms with E-state index in [-0.39, 0.29) is 5.91 Å². The van der Waals surface area contributed by atoms with Crippen molar-refractivity contribution < 1.29 is 9.53 Å². The molecule has 1 unspecified atom stereocenters. The van der Waals surface area contributed by atoms with E-state index >= 15 is 0 Å². The first-order valence-corrected chi connectivity index (χ1v) is 7.60. The van der Waals surface area contributed by atoms with Gasteiger partial charge >= 0.3 is 0 Å². The lowest BCUT2D eigenvalue weighted by molar-refractivity contribution is -0.122. The highest BCUT2D eigenvalue weighted by Crippen LogP contribution is 2.19. The van der Waals surface area contributed by atoms with Crippen LogP contribution in [0.1, 0.15) is 37.8 Å². The van der Waals surface area contributed by atoms with Gasteiger partial charge in [-0.05, 0) is 55.2 Å². The minimum absolute atomic E-state index is 0.151. The molecule has 0 aliphatic heterocycles. The number of aryl methyl sites for hydroxylation is 1. The SMILES string of the molecule is Cc1cccc(OC(C)C(=O)Nc2cccc(C(C)C)c2)c1. The van der Waals surface area contributed by atoms with Crippen LogP contribution in [0.15, 0.2) is 48.5 Å². The molecule has 0 saturated heterocycles. The van der Waals surface area contributed by atoms with Crippen LogP contribution in [0.4, 0.5) is 5.69 Å². The Labute approximate surface area is 132 Å².